The second-order valence-corrected chi connectivity index (χ2v) is 4.65. The van der Waals surface area contributed by atoms with Crippen LogP contribution in [-0.4, -0.2) is 53.9 Å². The summed E-state index contributed by atoms with van der Waals surface area (Å²) in [6.07, 6.45) is 0. The van der Waals surface area contributed by atoms with Crippen molar-refractivity contribution in [2.45, 2.75) is 0 Å². The van der Waals surface area contributed by atoms with Gasteiger partial charge < -0.3 is 14.8 Å². The third-order valence-corrected chi connectivity index (χ3v) is 3.21. The number of carbonyl (C=O) groups excluding carboxylic acids is 4. The Morgan fingerprint density at radius 2 is 1.91 bits per heavy atom. The number of likely N-dealkylation sites (N-methyl/N-ethyl adjacent to an activating group) is 1. The zero-order chi connectivity index (χ0) is 15.9. The number of ether oxygens (including phenoxy) is 2. The van der Waals surface area contributed by atoms with Gasteiger partial charge in [-0.3, -0.25) is 19.3 Å². The first-order valence-corrected chi connectivity index (χ1v) is 6.30. The Morgan fingerprint density at radius 3 is 2.59 bits per heavy atom. The van der Waals surface area contributed by atoms with E-state index in [0.717, 1.165) is 0 Å². The van der Waals surface area contributed by atoms with Gasteiger partial charge in [0.25, 0.3) is 0 Å². The molecule has 2 heterocycles. The number of urea groups is 1. The SMILES string of the molecule is CN1C(=O)C(=O)N(CC(=O)Nc2ccc3c(c2)OCO3)C1=O. The molecule has 1 saturated heterocycles. The molecule has 0 aliphatic carbocycles. The maximum absolute atomic E-state index is 11.9. The third kappa shape index (κ3) is 2.22. The molecule has 2 aliphatic rings. The van der Waals surface area contributed by atoms with Crippen molar-refractivity contribution in [3.8, 4) is 11.5 Å². The van der Waals surface area contributed by atoms with Gasteiger partial charge in [0.1, 0.15) is 6.54 Å². The molecule has 1 aromatic rings. The van der Waals surface area contributed by atoms with Crippen molar-refractivity contribution < 1.29 is 28.7 Å². The molecule has 114 valence electrons. The zero-order valence-corrected chi connectivity index (χ0v) is 11.5. The molecule has 0 aromatic heterocycles. The van der Waals surface area contributed by atoms with Gasteiger partial charge in [-0.05, 0) is 12.1 Å². The van der Waals surface area contributed by atoms with Crippen LogP contribution in [0.1, 0.15) is 0 Å². The lowest BCUT2D eigenvalue weighted by atomic mass is 10.2. The molecule has 3 rings (SSSR count). The maximum Gasteiger partial charge on any atom is 0.334 e. The predicted molar refractivity (Wildman–Crippen MR) is 71.1 cm³/mol. The fraction of sp³-hybridized carbons (Fsp3) is 0.231. The molecule has 0 radical (unpaired) electrons. The number of nitrogens with one attached hydrogen (secondary N) is 1. The quantitative estimate of drug-likeness (QED) is 0.611. The van der Waals surface area contributed by atoms with Crippen LogP contribution in [0.5, 0.6) is 11.5 Å². The number of carbonyl (C=O) groups is 4. The highest BCUT2D eigenvalue weighted by Gasteiger charge is 2.42. The lowest BCUT2D eigenvalue weighted by molar-refractivity contribution is -0.143. The Hall–Kier alpha value is -3.10. The fourth-order valence-corrected chi connectivity index (χ4v) is 2.07. The van der Waals surface area contributed by atoms with Crippen LogP contribution >= 0.6 is 0 Å². The number of hydrogen-bond donors (Lipinski definition) is 1. The first-order chi connectivity index (χ1) is 10.5. The highest BCUT2D eigenvalue weighted by molar-refractivity contribution is 6.44. The predicted octanol–water partition coefficient (Wildman–Crippen LogP) is -0.226. The Labute approximate surface area is 124 Å². The molecule has 5 amide bonds. The highest BCUT2D eigenvalue weighted by Crippen LogP contribution is 2.34. The number of imide groups is 2. The van der Waals surface area contributed by atoms with Crippen LogP contribution in [0.15, 0.2) is 18.2 Å². The minimum absolute atomic E-state index is 0.109. The summed E-state index contributed by atoms with van der Waals surface area (Å²) in [5.74, 6) is -1.53. The van der Waals surface area contributed by atoms with Gasteiger partial charge in [0.2, 0.25) is 12.7 Å². The number of rotatable bonds is 3. The van der Waals surface area contributed by atoms with Crippen molar-refractivity contribution in [3.63, 3.8) is 0 Å². The van der Waals surface area contributed by atoms with E-state index in [1.807, 2.05) is 0 Å². The lowest BCUT2D eigenvalue weighted by Crippen LogP contribution is -2.38. The van der Waals surface area contributed by atoms with Gasteiger partial charge in [0, 0.05) is 18.8 Å². The average Bonchev–Trinajstić information content (AvgIpc) is 3.02. The average molecular weight is 305 g/mol. The van der Waals surface area contributed by atoms with E-state index in [0.29, 0.717) is 27.0 Å². The standard InChI is InChI=1S/C13H11N3O6/c1-15-11(18)12(19)16(13(15)20)5-10(17)14-7-2-3-8-9(4-7)22-6-21-8/h2-4H,5-6H2,1H3,(H,14,17). The van der Waals surface area contributed by atoms with E-state index in [2.05, 4.69) is 5.32 Å². The van der Waals surface area contributed by atoms with Crippen molar-refractivity contribution in [3.05, 3.63) is 18.2 Å². The van der Waals surface area contributed by atoms with Crippen LogP contribution < -0.4 is 14.8 Å². The van der Waals surface area contributed by atoms with Gasteiger partial charge in [-0.1, -0.05) is 0 Å². The summed E-state index contributed by atoms with van der Waals surface area (Å²) in [7, 11) is 1.18. The van der Waals surface area contributed by atoms with Crippen LogP contribution in [0.4, 0.5) is 10.5 Å². The normalized spacial score (nSPS) is 16.5. The first-order valence-electron chi connectivity index (χ1n) is 6.30. The third-order valence-electron chi connectivity index (χ3n) is 3.21. The number of hydrogen-bond acceptors (Lipinski definition) is 6. The zero-order valence-electron chi connectivity index (χ0n) is 11.5. The minimum Gasteiger partial charge on any atom is -0.454 e. The molecule has 1 N–H and O–H groups in total. The molecule has 9 heteroatoms. The van der Waals surface area contributed by atoms with Gasteiger partial charge in [-0.15, -0.1) is 0 Å². The van der Waals surface area contributed by atoms with Crippen LogP contribution in [0, 0.1) is 0 Å². The number of amides is 5. The molecular formula is C13H11N3O6. The van der Waals surface area contributed by atoms with Gasteiger partial charge in [0.05, 0.1) is 0 Å². The van der Waals surface area contributed by atoms with E-state index in [-0.39, 0.29) is 6.79 Å². The van der Waals surface area contributed by atoms with E-state index in [1.54, 1.807) is 18.2 Å². The van der Waals surface area contributed by atoms with Crippen molar-refractivity contribution in [1.29, 1.82) is 0 Å². The van der Waals surface area contributed by atoms with Crippen molar-refractivity contribution >= 4 is 29.4 Å². The molecule has 0 saturated carbocycles. The van der Waals surface area contributed by atoms with Crippen molar-refractivity contribution in [2.75, 3.05) is 25.7 Å². The van der Waals surface area contributed by atoms with E-state index >= 15 is 0 Å². The molecule has 0 spiro atoms. The minimum atomic E-state index is -1.02. The van der Waals surface area contributed by atoms with Crippen LogP contribution in [0.25, 0.3) is 0 Å². The summed E-state index contributed by atoms with van der Waals surface area (Å²) in [5.41, 5.74) is 0.424. The van der Waals surface area contributed by atoms with Gasteiger partial charge in [0.15, 0.2) is 11.5 Å². The number of benzene rings is 1. The fourth-order valence-electron chi connectivity index (χ4n) is 2.07. The summed E-state index contributed by atoms with van der Waals surface area (Å²) in [4.78, 5) is 47.7. The molecule has 0 bridgehead atoms. The van der Waals surface area contributed by atoms with E-state index in [9.17, 15) is 19.2 Å². The van der Waals surface area contributed by atoms with Crippen molar-refractivity contribution in [2.24, 2.45) is 0 Å². The molecule has 22 heavy (non-hydrogen) atoms. The summed E-state index contributed by atoms with van der Waals surface area (Å²) in [6.45, 7) is -0.430. The van der Waals surface area contributed by atoms with Crippen molar-refractivity contribution in [1.82, 2.24) is 9.80 Å². The Balaban J connectivity index is 1.67. The summed E-state index contributed by atoms with van der Waals surface area (Å²) >= 11 is 0. The lowest BCUT2D eigenvalue weighted by Gasteiger charge is -2.12. The molecular weight excluding hydrogens is 294 g/mol. The molecule has 1 aromatic carbocycles. The van der Waals surface area contributed by atoms with Crippen LogP contribution in [-0.2, 0) is 14.4 Å². The van der Waals surface area contributed by atoms with Gasteiger partial charge >= 0.3 is 17.8 Å². The Kier molecular flexibility index (Phi) is 3.17. The molecule has 2 aliphatic heterocycles. The Morgan fingerprint density at radius 1 is 1.18 bits per heavy atom. The largest absolute Gasteiger partial charge is 0.454 e. The second kappa shape index (κ2) is 5.02. The van der Waals surface area contributed by atoms with Crippen LogP contribution in [0.2, 0.25) is 0 Å². The summed E-state index contributed by atoms with van der Waals surface area (Å²) in [5, 5.41) is 2.52. The maximum atomic E-state index is 11.9. The highest BCUT2D eigenvalue weighted by atomic mass is 16.7. The Bertz CT molecular complexity index is 701. The molecule has 9 nitrogen and oxygen atoms in total. The summed E-state index contributed by atoms with van der Waals surface area (Å²) < 4.78 is 10.3. The topological polar surface area (TPSA) is 105 Å². The smallest absolute Gasteiger partial charge is 0.334 e. The molecule has 0 unspecified atom stereocenters. The number of nitrogens with zero attached hydrogens (tertiary/aromatic N) is 2. The van der Waals surface area contributed by atoms with Gasteiger partial charge in [-0.25, -0.2) is 9.69 Å². The molecule has 0 atom stereocenters. The van der Waals surface area contributed by atoms with Crippen LogP contribution in [0.3, 0.4) is 0 Å². The first kappa shape index (κ1) is 13.9. The number of anilines is 1. The monoisotopic (exact) mass is 305 g/mol. The second-order valence-electron chi connectivity index (χ2n) is 4.65. The summed E-state index contributed by atoms with van der Waals surface area (Å²) in [6, 6.07) is 3.96. The van der Waals surface area contributed by atoms with E-state index in [1.165, 1.54) is 7.05 Å². The van der Waals surface area contributed by atoms with E-state index < -0.39 is 30.3 Å². The van der Waals surface area contributed by atoms with E-state index in [4.69, 9.17) is 9.47 Å². The molecule has 1 fully saturated rings. The number of fused-ring (bicyclic) bond motifs is 1. The van der Waals surface area contributed by atoms with Gasteiger partial charge in [-0.2, -0.15) is 0 Å².